The van der Waals surface area contributed by atoms with Crippen LogP contribution in [0.2, 0.25) is 0 Å². The lowest BCUT2D eigenvalue weighted by Crippen LogP contribution is -2.50. The number of aromatic nitrogens is 4. The lowest BCUT2D eigenvalue weighted by atomic mass is 9.81. The molecule has 0 aliphatic carbocycles. The van der Waals surface area contributed by atoms with Gasteiger partial charge in [-0.3, -0.25) is 14.5 Å². The second-order valence-corrected chi connectivity index (χ2v) is 8.85. The van der Waals surface area contributed by atoms with Gasteiger partial charge in [0.25, 0.3) is 5.91 Å². The summed E-state index contributed by atoms with van der Waals surface area (Å²) in [5.41, 5.74) is 3.97. The predicted octanol–water partition coefficient (Wildman–Crippen LogP) is 4.74. The number of carbonyl (C=O) groups is 1. The van der Waals surface area contributed by atoms with Crippen LogP contribution in [0.15, 0.2) is 42.6 Å². The molecular formula is C25H20F3N5O. The van der Waals surface area contributed by atoms with Crippen LogP contribution in [0.3, 0.4) is 0 Å². The van der Waals surface area contributed by atoms with Crippen molar-refractivity contribution in [2.24, 2.45) is 7.05 Å². The average molecular weight is 463 g/mol. The second kappa shape index (κ2) is 7.65. The SMILES string of the molecule is Cn1nc2c(c1-c1cc(F)c(F)c(F)c1)CC1CCCC2N1C(=O)c1cnc2ccccc2n1. The third-order valence-electron chi connectivity index (χ3n) is 6.84. The number of para-hydroxylation sites is 2. The van der Waals surface area contributed by atoms with Crippen LogP contribution in [0, 0.1) is 17.5 Å². The van der Waals surface area contributed by atoms with Crippen molar-refractivity contribution >= 4 is 16.9 Å². The molecule has 4 aromatic rings. The van der Waals surface area contributed by atoms with E-state index in [1.165, 1.54) is 6.20 Å². The monoisotopic (exact) mass is 463 g/mol. The molecule has 34 heavy (non-hydrogen) atoms. The molecule has 4 heterocycles. The normalized spacial score (nSPS) is 19.4. The van der Waals surface area contributed by atoms with E-state index in [1.807, 2.05) is 29.2 Å². The fourth-order valence-corrected chi connectivity index (χ4v) is 5.39. The molecule has 2 unspecified atom stereocenters. The molecule has 2 atom stereocenters. The van der Waals surface area contributed by atoms with Gasteiger partial charge in [0.2, 0.25) is 0 Å². The fourth-order valence-electron chi connectivity index (χ4n) is 5.39. The zero-order valence-electron chi connectivity index (χ0n) is 18.3. The van der Waals surface area contributed by atoms with E-state index in [0.717, 1.165) is 37.0 Å². The highest BCUT2D eigenvalue weighted by atomic mass is 19.2. The third kappa shape index (κ3) is 3.10. The number of benzene rings is 2. The molecule has 9 heteroatoms. The molecule has 1 fully saturated rings. The Morgan fingerprint density at radius 3 is 2.56 bits per heavy atom. The summed E-state index contributed by atoms with van der Waals surface area (Å²) >= 11 is 0. The first-order valence-electron chi connectivity index (χ1n) is 11.2. The lowest BCUT2D eigenvalue weighted by Gasteiger charge is -2.45. The van der Waals surface area contributed by atoms with Crippen molar-refractivity contribution in [3.05, 3.63) is 77.0 Å². The Morgan fingerprint density at radius 2 is 1.79 bits per heavy atom. The van der Waals surface area contributed by atoms with Crippen molar-refractivity contribution in [3.63, 3.8) is 0 Å². The largest absolute Gasteiger partial charge is 0.325 e. The zero-order valence-corrected chi connectivity index (χ0v) is 18.3. The first-order chi connectivity index (χ1) is 16.4. The van der Waals surface area contributed by atoms with E-state index in [-0.39, 0.29) is 29.2 Å². The van der Waals surface area contributed by atoms with Gasteiger partial charge in [-0.2, -0.15) is 5.10 Å². The van der Waals surface area contributed by atoms with Crippen molar-refractivity contribution in [2.75, 3.05) is 0 Å². The van der Waals surface area contributed by atoms with Gasteiger partial charge in [0, 0.05) is 24.2 Å². The molecule has 0 spiro atoms. The van der Waals surface area contributed by atoms with Gasteiger partial charge in [-0.1, -0.05) is 12.1 Å². The van der Waals surface area contributed by atoms with Gasteiger partial charge >= 0.3 is 0 Å². The number of piperidine rings is 1. The van der Waals surface area contributed by atoms with Gasteiger partial charge in [-0.15, -0.1) is 0 Å². The summed E-state index contributed by atoms with van der Waals surface area (Å²) in [4.78, 5) is 24.4. The first-order valence-corrected chi connectivity index (χ1v) is 11.2. The topological polar surface area (TPSA) is 63.9 Å². The summed E-state index contributed by atoms with van der Waals surface area (Å²) in [6.45, 7) is 0. The van der Waals surface area contributed by atoms with E-state index >= 15 is 0 Å². The molecule has 0 radical (unpaired) electrons. The van der Waals surface area contributed by atoms with E-state index in [0.29, 0.717) is 28.8 Å². The van der Waals surface area contributed by atoms with Gasteiger partial charge in [0.05, 0.1) is 34.7 Å². The number of hydrogen-bond acceptors (Lipinski definition) is 4. The van der Waals surface area contributed by atoms with Crippen LogP contribution < -0.4 is 0 Å². The summed E-state index contributed by atoms with van der Waals surface area (Å²) in [6, 6.07) is 8.98. The number of nitrogens with zero attached hydrogens (tertiary/aromatic N) is 5. The predicted molar refractivity (Wildman–Crippen MR) is 118 cm³/mol. The van der Waals surface area contributed by atoms with Crippen LogP contribution >= 0.6 is 0 Å². The Balaban J connectivity index is 1.42. The second-order valence-electron chi connectivity index (χ2n) is 8.85. The molecule has 0 saturated carbocycles. The van der Waals surface area contributed by atoms with Crippen molar-refractivity contribution < 1.29 is 18.0 Å². The minimum absolute atomic E-state index is 0.106. The quantitative estimate of drug-likeness (QED) is 0.403. The van der Waals surface area contributed by atoms with E-state index in [4.69, 9.17) is 0 Å². The van der Waals surface area contributed by atoms with Gasteiger partial charge in [-0.05, 0) is 49.9 Å². The maximum atomic E-state index is 14.0. The third-order valence-corrected chi connectivity index (χ3v) is 6.84. The summed E-state index contributed by atoms with van der Waals surface area (Å²) in [6.07, 6.45) is 4.45. The van der Waals surface area contributed by atoms with Gasteiger partial charge in [0.15, 0.2) is 17.5 Å². The van der Waals surface area contributed by atoms with Gasteiger partial charge in [0.1, 0.15) is 5.69 Å². The van der Waals surface area contributed by atoms with E-state index in [1.54, 1.807) is 11.7 Å². The minimum Gasteiger partial charge on any atom is -0.325 e. The number of halogens is 3. The molecule has 1 amide bonds. The lowest BCUT2D eigenvalue weighted by molar-refractivity contribution is 0.0386. The number of hydrogen-bond donors (Lipinski definition) is 0. The fraction of sp³-hybridized carbons (Fsp3) is 0.280. The molecule has 2 bridgehead atoms. The van der Waals surface area contributed by atoms with Crippen LogP contribution in [0.4, 0.5) is 13.2 Å². The highest BCUT2D eigenvalue weighted by Gasteiger charge is 2.44. The summed E-state index contributed by atoms with van der Waals surface area (Å²) < 4.78 is 43.1. The maximum absolute atomic E-state index is 14.0. The molecule has 6 rings (SSSR count). The molecule has 6 nitrogen and oxygen atoms in total. The summed E-state index contributed by atoms with van der Waals surface area (Å²) in [7, 11) is 1.69. The van der Waals surface area contributed by atoms with Crippen LogP contribution in [0.25, 0.3) is 22.3 Å². The Morgan fingerprint density at radius 1 is 1.06 bits per heavy atom. The van der Waals surface area contributed by atoms with Gasteiger partial charge < -0.3 is 4.90 Å². The highest BCUT2D eigenvalue weighted by Crippen LogP contribution is 2.45. The number of carbonyl (C=O) groups excluding carboxylic acids is 1. The first kappa shape index (κ1) is 20.8. The average Bonchev–Trinajstić information content (AvgIpc) is 3.16. The number of aryl methyl sites for hydroxylation is 1. The van der Waals surface area contributed by atoms with Crippen molar-refractivity contribution in [3.8, 4) is 11.3 Å². The molecule has 2 aromatic heterocycles. The van der Waals surface area contributed by atoms with Crippen molar-refractivity contribution in [1.29, 1.82) is 0 Å². The van der Waals surface area contributed by atoms with Crippen LogP contribution in [0.5, 0.6) is 0 Å². The van der Waals surface area contributed by atoms with Crippen LogP contribution in [-0.4, -0.2) is 36.6 Å². The summed E-state index contributed by atoms with van der Waals surface area (Å²) in [5.74, 6) is -4.19. The molecule has 2 aliphatic heterocycles. The Kier molecular flexibility index (Phi) is 4.68. The molecule has 172 valence electrons. The van der Waals surface area contributed by atoms with E-state index < -0.39 is 17.5 Å². The smallest absolute Gasteiger partial charge is 0.274 e. The van der Waals surface area contributed by atoms with E-state index in [9.17, 15) is 18.0 Å². The minimum atomic E-state index is -1.50. The van der Waals surface area contributed by atoms with Gasteiger partial charge in [-0.25, -0.2) is 18.2 Å². The standard InChI is InChI=1S/C25H20F3N5O/c1-32-24(13-9-16(26)22(28)17(27)10-13)15-11-14-5-4-8-21(23(15)31-32)33(14)25(34)20-12-29-18-6-2-3-7-19(18)30-20/h2-3,6-7,9-10,12,14,21H,4-5,8,11H2,1H3. The number of fused-ring (bicyclic) bond motifs is 5. The molecule has 2 aromatic carbocycles. The molecular weight excluding hydrogens is 443 g/mol. The van der Waals surface area contributed by atoms with E-state index in [2.05, 4.69) is 15.1 Å². The Labute approximate surface area is 193 Å². The molecule has 0 N–H and O–H groups in total. The van der Waals surface area contributed by atoms with Crippen LogP contribution in [0.1, 0.15) is 47.1 Å². The van der Waals surface area contributed by atoms with Crippen molar-refractivity contribution in [1.82, 2.24) is 24.6 Å². The van der Waals surface area contributed by atoms with Crippen LogP contribution in [-0.2, 0) is 13.5 Å². The number of amides is 1. The van der Waals surface area contributed by atoms with Crippen molar-refractivity contribution in [2.45, 2.75) is 37.8 Å². The Hall–Kier alpha value is -3.75. The maximum Gasteiger partial charge on any atom is 0.274 e. The summed E-state index contributed by atoms with van der Waals surface area (Å²) in [5, 5.41) is 4.65. The highest BCUT2D eigenvalue weighted by molar-refractivity contribution is 5.94. The zero-order chi connectivity index (χ0) is 23.6. The Bertz CT molecular complexity index is 1440. The molecule has 2 aliphatic rings. The molecule has 1 saturated heterocycles. The number of rotatable bonds is 2.